The van der Waals surface area contributed by atoms with Crippen LogP contribution in [0.25, 0.3) is 0 Å². The normalized spacial score (nSPS) is 28.9. The molecule has 3 aromatic rings. The number of hydrogen-bond donors (Lipinski definition) is 3. The molecule has 1 saturated carbocycles. The molecule has 46 heavy (non-hydrogen) atoms. The molecule has 3 N–H and O–H groups in total. The van der Waals surface area contributed by atoms with E-state index >= 15 is 4.79 Å². The predicted molar refractivity (Wildman–Crippen MR) is 165 cm³/mol. The summed E-state index contributed by atoms with van der Waals surface area (Å²) in [6.45, 7) is 3.94. The average Bonchev–Trinajstić information content (AvgIpc) is 3.76. The summed E-state index contributed by atoms with van der Waals surface area (Å²) in [5.74, 6) is -1.41. The SMILES string of the molecule is COc1ccc([C@@]23Oc4cc5c(c(OC)c4[C@@](O)(C2O)[C@@H](c2ccccc2)[C@@H]3C(=O)N2CCCC2NC(=O)C(C)C)OCO5)cc1. The molecule has 3 aliphatic heterocycles. The number of carbonyl (C=O) groups excluding carboxylic acids is 2. The van der Waals surface area contributed by atoms with Gasteiger partial charge in [0.15, 0.2) is 17.1 Å². The van der Waals surface area contributed by atoms with Gasteiger partial charge in [0.05, 0.1) is 25.7 Å². The number of hydrogen-bond acceptors (Lipinski definition) is 9. The van der Waals surface area contributed by atoms with E-state index < -0.39 is 35.3 Å². The number of nitrogens with zero attached hydrogens (tertiary/aromatic N) is 1. The fourth-order valence-corrected chi connectivity index (χ4v) is 7.78. The third-order valence-corrected chi connectivity index (χ3v) is 9.89. The highest BCUT2D eigenvalue weighted by Gasteiger charge is 2.77. The number of rotatable bonds is 7. The van der Waals surface area contributed by atoms with Gasteiger partial charge in [-0.25, -0.2) is 0 Å². The molecular formula is C35H38N2O9. The standard InChI is InChI=1S/C35H38N2O9/c1-19(2)31(38)36-25-11-8-16-37(25)32(39)28-26(20-9-6-5-7-10-20)34(41)27-23(17-24-29(30(27)43-4)45-18-44-24)46-35(28,33(34)40)21-12-14-22(42-3)15-13-21/h5-7,9-10,12-15,17,19,25-26,28,33,40-41H,8,11,16,18H2,1-4H3,(H,36,38)/t25?,26-,28+,33?,34+,35-/m0/s1. The maximum Gasteiger partial charge on any atom is 0.232 e. The first-order valence-corrected chi connectivity index (χ1v) is 15.6. The van der Waals surface area contributed by atoms with Gasteiger partial charge < -0.3 is 44.1 Å². The van der Waals surface area contributed by atoms with E-state index in [4.69, 9.17) is 23.7 Å². The smallest absolute Gasteiger partial charge is 0.232 e. The van der Waals surface area contributed by atoms with Crippen LogP contribution in [0.1, 0.15) is 49.3 Å². The summed E-state index contributed by atoms with van der Waals surface area (Å²) in [5, 5.41) is 28.8. The van der Waals surface area contributed by atoms with Crippen LogP contribution in [0.5, 0.6) is 28.7 Å². The molecule has 1 saturated heterocycles. The zero-order valence-corrected chi connectivity index (χ0v) is 26.2. The second-order valence-corrected chi connectivity index (χ2v) is 12.6. The van der Waals surface area contributed by atoms with Crippen molar-refractivity contribution >= 4 is 11.8 Å². The van der Waals surface area contributed by atoms with Crippen molar-refractivity contribution in [1.82, 2.24) is 10.2 Å². The number of aliphatic hydroxyl groups is 2. The monoisotopic (exact) mass is 630 g/mol. The van der Waals surface area contributed by atoms with Gasteiger partial charge in [0, 0.05) is 24.4 Å². The number of likely N-dealkylation sites (tertiary alicyclic amines) is 1. The van der Waals surface area contributed by atoms with Crippen molar-refractivity contribution in [2.75, 3.05) is 27.6 Å². The van der Waals surface area contributed by atoms with Crippen LogP contribution < -0.4 is 29.0 Å². The highest BCUT2D eigenvalue weighted by Crippen LogP contribution is 2.70. The molecular weight excluding hydrogens is 592 g/mol. The van der Waals surface area contributed by atoms with Crippen LogP contribution in [-0.2, 0) is 20.8 Å². The minimum Gasteiger partial charge on any atom is -0.497 e. The molecule has 7 rings (SSSR count). The van der Waals surface area contributed by atoms with Crippen molar-refractivity contribution in [3.63, 3.8) is 0 Å². The maximum absolute atomic E-state index is 15.2. The van der Waals surface area contributed by atoms with Crippen LogP contribution in [0, 0.1) is 11.8 Å². The van der Waals surface area contributed by atoms with Crippen LogP contribution >= 0.6 is 0 Å². The van der Waals surface area contributed by atoms with E-state index in [-0.39, 0.29) is 47.3 Å². The topological polar surface area (TPSA) is 136 Å². The minimum absolute atomic E-state index is 0.0547. The molecule has 11 nitrogen and oxygen atoms in total. The van der Waals surface area contributed by atoms with E-state index in [0.29, 0.717) is 42.0 Å². The van der Waals surface area contributed by atoms with Crippen molar-refractivity contribution < 1.29 is 43.5 Å². The Morgan fingerprint density at radius 1 is 1.02 bits per heavy atom. The molecule has 3 heterocycles. The summed E-state index contributed by atoms with van der Waals surface area (Å²) < 4.78 is 29.6. The van der Waals surface area contributed by atoms with Gasteiger partial charge in [-0.1, -0.05) is 56.3 Å². The van der Waals surface area contributed by atoms with E-state index in [1.165, 1.54) is 7.11 Å². The van der Waals surface area contributed by atoms with E-state index in [1.807, 2.05) is 30.3 Å². The first kappa shape index (κ1) is 30.2. The Balaban J connectivity index is 1.49. The number of benzene rings is 3. The Bertz CT molecular complexity index is 1660. The first-order valence-electron chi connectivity index (χ1n) is 15.6. The molecule has 2 fully saturated rings. The van der Waals surface area contributed by atoms with Gasteiger partial charge in [-0.2, -0.15) is 0 Å². The minimum atomic E-state index is -2.10. The molecule has 0 radical (unpaired) electrons. The van der Waals surface area contributed by atoms with E-state index in [0.717, 1.165) is 0 Å². The molecule has 0 aromatic heterocycles. The van der Waals surface area contributed by atoms with Gasteiger partial charge in [-0.3, -0.25) is 9.59 Å². The molecule has 1 aliphatic carbocycles. The van der Waals surface area contributed by atoms with Crippen LogP contribution in [0.4, 0.5) is 0 Å². The largest absolute Gasteiger partial charge is 0.497 e. The number of methoxy groups -OCH3 is 2. The van der Waals surface area contributed by atoms with Crippen LogP contribution in [0.15, 0.2) is 60.7 Å². The molecule has 2 bridgehead atoms. The van der Waals surface area contributed by atoms with Gasteiger partial charge in [0.2, 0.25) is 24.4 Å². The molecule has 3 aromatic carbocycles. The Morgan fingerprint density at radius 2 is 1.76 bits per heavy atom. The zero-order chi connectivity index (χ0) is 32.4. The molecule has 2 amide bonds. The molecule has 6 atom stereocenters. The Morgan fingerprint density at radius 3 is 2.43 bits per heavy atom. The van der Waals surface area contributed by atoms with E-state index in [2.05, 4.69) is 5.32 Å². The van der Waals surface area contributed by atoms with Crippen LogP contribution in [0.3, 0.4) is 0 Å². The lowest BCUT2D eigenvalue weighted by Crippen LogP contribution is -2.58. The molecule has 242 valence electrons. The van der Waals surface area contributed by atoms with Crippen molar-refractivity contribution in [3.05, 3.63) is 77.4 Å². The third-order valence-electron chi connectivity index (χ3n) is 9.89. The quantitative estimate of drug-likeness (QED) is 0.359. The summed E-state index contributed by atoms with van der Waals surface area (Å²) in [6, 6.07) is 17.7. The average molecular weight is 631 g/mol. The van der Waals surface area contributed by atoms with Crippen molar-refractivity contribution in [1.29, 1.82) is 0 Å². The lowest BCUT2D eigenvalue weighted by Gasteiger charge is -2.45. The van der Waals surface area contributed by atoms with Gasteiger partial charge in [0.1, 0.15) is 29.4 Å². The number of aliphatic hydroxyl groups excluding tert-OH is 1. The maximum atomic E-state index is 15.2. The van der Waals surface area contributed by atoms with Crippen LogP contribution in [0.2, 0.25) is 0 Å². The zero-order valence-electron chi connectivity index (χ0n) is 26.2. The highest BCUT2D eigenvalue weighted by molar-refractivity contribution is 5.86. The molecule has 4 aliphatic rings. The van der Waals surface area contributed by atoms with Crippen molar-refractivity contribution in [2.45, 2.75) is 56.1 Å². The Labute approximate surface area is 267 Å². The summed E-state index contributed by atoms with van der Waals surface area (Å²) in [4.78, 5) is 29.7. The Kier molecular flexibility index (Phi) is 7.28. The highest BCUT2D eigenvalue weighted by atomic mass is 16.7. The fraction of sp³-hybridized carbons (Fsp3) is 0.429. The second kappa shape index (κ2) is 11.1. The Hall–Kier alpha value is -4.48. The van der Waals surface area contributed by atoms with E-state index in [1.54, 1.807) is 56.2 Å². The van der Waals surface area contributed by atoms with Gasteiger partial charge in [-0.05, 0) is 36.1 Å². The molecule has 11 heteroatoms. The van der Waals surface area contributed by atoms with Gasteiger partial charge in [0.25, 0.3) is 0 Å². The number of ether oxygens (including phenoxy) is 5. The molecule has 0 spiro atoms. The fourth-order valence-electron chi connectivity index (χ4n) is 7.78. The summed E-state index contributed by atoms with van der Waals surface area (Å²) in [6.07, 6.45) is -0.955. The van der Waals surface area contributed by atoms with Crippen molar-refractivity contribution in [3.8, 4) is 28.7 Å². The second-order valence-electron chi connectivity index (χ2n) is 12.6. The molecule has 2 unspecified atom stereocenters. The van der Waals surface area contributed by atoms with E-state index in [9.17, 15) is 15.0 Å². The van der Waals surface area contributed by atoms with Crippen molar-refractivity contribution in [2.24, 2.45) is 11.8 Å². The summed E-state index contributed by atoms with van der Waals surface area (Å²) in [5.41, 5.74) is -2.61. The summed E-state index contributed by atoms with van der Waals surface area (Å²) >= 11 is 0. The number of amides is 2. The predicted octanol–water partition coefficient (Wildman–Crippen LogP) is 3.40. The van der Waals surface area contributed by atoms with Gasteiger partial charge in [-0.15, -0.1) is 0 Å². The first-order chi connectivity index (χ1) is 22.2. The number of carbonyl (C=O) groups is 2. The lowest BCUT2D eigenvalue weighted by molar-refractivity contribution is -0.163. The van der Waals surface area contributed by atoms with Crippen LogP contribution in [-0.4, -0.2) is 66.8 Å². The third kappa shape index (κ3) is 4.17. The number of fused-ring (bicyclic) bond motifs is 5. The number of nitrogens with one attached hydrogen (secondary N) is 1. The van der Waals surface area contributed by atoms with Gasteiger partial charge >= 0.3 is 0 Å². The summed E-state index contributed by atoms with van der Waals surface area (Å²) in [7, 11) is 3.00. The lowest BCUT2D eigenvalue weighted by atomic mass is 9.74.